The van der Waals surface area contributed by atoms with E-state index in [1.807, 2.05) is 17.8 Å². The zero-order valence-electron chi connectivity index (χ0n) is 12.7. The van der Waals surface area contributed by atoms with Gasteiger partial charge in [-0.25, -0.2) is 4.98 Å². The Morgan fingerprint density at radius 3 is 2.95 bits per heavy atom. The number of nitrogens with one attached hydrogen (secondary N) is 1. The standard InChI is InChI=1S/C17H25N3S/c1-2-5-12-8-9-13(11-18)16(10-12)21-17-19-14-6-3-4-7-15(14)20-17/h3-4,6-7,12-13,16H,2,5,8-11,18H2,1H3,(H,19,20). The molecule has 1 aliphatic rings. The lowest BCUT2D eigenvalue weighted by Crippen LogP contribution is -2.32. The molecule has 0 saturated heterocycles. The number of H-pyrrole nitrogens is 1. The number of para-hydroxylation sites is 2. The smallest absolute Gasteiger partial charge is 0.166 e. The Balaban J connectivity index is 1.73. The van der Waals surface area contributed by atoms with Gasteiger partial charge >= 0.3 is 0 Å². The molecule has 0 aliphatic heterocycles. The fourth-order valence-corrected chi connectivity index (χ4v) is 4.90. The van der Waals surface area contributed by atoms with Gasteiger partial charge in [0.05, 0.1) is 11.0 Å². The largest absolute Gasteiger partial charge is 0.333 e. The molecule has 0 spiro atoms. The van der Waals surface area contributed by atoms with Gasteiger partial charge in [0.1, 0.15) is 0 Å². The maximum Gasteiger partial charge on any atom is 0.166 e. The monoisotopic (exact) mass is 303 g/mol. The molecule has 114 valence electrons. The summed E-state index contributed by atoms with van der Waals surface area (Å²) in [5.41, 5.74) is 8.19. The van der Waals surface area contributed by atoms with Crippen molar-refractivity contribution in [3.63, 3.8) is 0 Å². The molecule has 0 amide bonds. The van der Waals surface area contributed by atoms with E-state index < -0.39 is 0 Å². The third-order valence-electron chi connectivity index (χ3n) is 4.67. The molecule has 0 bridgehead atoms. The third-order valence-corrected chi connectivity index (χ3v) is 5.96. The van der Waals surface area contributed by atoms with Crippen LogP contribution in [0.5, 0.6) is 0 Å². The predicted molar refractivity (Wildman–Crippen MR) is 90.5 cm³/mol. The van der Waals surface area contributed by atoms with E-state index in [9.17, 15) is 0 Å². The second-order valence-electron chi connectivity index (χ2n) is 6.18. The van der Waals surface area contributed by atoms with Crippen molar-refractivity contribution in [1.82, 2.24) is 9.97 Å². The lowest BCUT2D eigenvalue weighted by atomic mass is 9.80. The number of rotatable bonds is 5. The summed E-state index contributed by atoms with van der Waals surface area (Å²) in [5, 5.41) is 1.66. The zero-order chi connectivity index (χ0) is 14.7. The Bertz CT molecular complexity index is 547. The molecule has 3 atom stereocenters. The first-order valence-corrected chi connectivity index (χ1v) is 8.99. The Morgan fingerprint density at radius 2 is 2.19 bits per heavy atom. The van der Waals surface area contributed by atoms with Gasteiger partial charge in [0.25, 0.3) is 0 Å². The van der Waals surface area contributed by atoms with Crippen molar-refractivity contribution in [3.05, 3.63) is 24.3 Å². The number of hydrogen-bond donors (Lipinski definition) is 2. The molecule has 21 heavy (non-hydrogen) atoms. The van der Waals surface area contributed by atoms with E-state index in [0.29, 0.717) is 11.2 Å². The highest BCUT2D eigenvalue weighted by Crippen LogP contribution is 2.40. The van der Waals surface area contributed by atoms with E-state index in [1.54, 1.807) is 0 Å². The number of thioether (sulfide) groups is 1. The van der Waals surface area contributed by atoms with Crippen LogP contribution in [0.25, 0.3) is 11.0 Å². The van der Waals surface area contributed by atoms with Crippen molar-refractivity contribution in [2.45, 2.75) is 49.4 Å². The molecule has 1 aromatic heterocycles. The fraction of sp³-hybridized carbons (Fsp3) is 0.588. The number of hydrogen-bond acceptors (Lipinski definition) is 3. The van der Waals surface area contributed by atoms with Crippen molar-refractivity contribution in [2.75, 3.05) is 6.54 Å². The van der Waals surface area contributed by atoms with Crippen LogP contribution in [0.1, 0.15) is 39.0 Å². The minimum atomic E-state index is 0.612. The molecule has 3 unspecified atom stereocenters. The highest BCUT2D eigenvalue weighted by Gasteiger charge is 2.30. The Labute approximate surface area is 131 Å². The Kier molecular flexibility index (Phi) is 4.86. The zero-order valence-corrected chi connectivity index (χ0v) is 13.5. The number of nitrogens with zero attached hydrogens (tertiary/aromatic N) is 1. The van der Waals surface area contributed by atoms with E-state index in [4.69, 9.17) is 10.7 Å². The van der Waals surface area contributed by atoms with Crippen molar-refractivity contribution < 1.29 is 0 Å². The van der Waals surface area contributed by atoms with Crippen LogP contribution in [-0.2, 0) is 0 Å². The fourth-order valence-electron chi connectivity index (χ4n) is 3.49. The van der Waals surface area contributed by atoms with E-state index >= 15 is 0 Å². The summed E-state index contributed by atoms with van der Waals surface area (Å²) in [6.07, 6.45) is 6.57. The first-order valence-electron chi connectivity index (χ1n) is 8.11. The van der Waals surface area contributed by atoms with Gasteiger partial charge in [-0.3, -0.25) is 0 Å². The quantitative estimate of drug-likeness (QED) is 0.870. The molecule has 1 saturated carbocycles. The number of imidazole rings is 1. The average molecular weight is 303 g/mol. The molecular weight excluding hydrogens is 278 g/mol. The van der Waals surface area contributed by atoms with E-state index in [2.05, 4.69) is 30.1 Å². The normalized spacial score (nSPS) is 26.3. The van der Waals surface area contributed by atoms with E-state index in [1.165, 1.54) is 32.1 Å². The number of fused-ring (bicyclic) bond motifs is 1. The summed E-state index contributed by atoms with van der Waals surface area (Å²) in [7, 11) is 0. The van der Waals surface area contributed by atoms with Gasteiger partial charge in [0.15, 0.2) is 5.16 Å². The van der Waals surface area contributed by atoms with Crippen LogP contribution in [-0.4, -0.2) is 21.8 Å². The molecule has 3 rings (SSSR count). The number of aromatic nitrogens is 2. The second kappa shape index (κ2) is 6.84. The van der Waals surface area contributed by atoms with Crippen LogP contribution in [0.3, 0.4) is 0 Å². The highest BCUT2D eigenvalue weighted by atomic mass is 32.2. The molecule has 1 fully saturated rings. The molecule has 0 radical (unpaired) electrons. The van der Waals surface area contributed by atoms with Crippen LogP contribution in [0.2, 0.25) is 0 Å². The summed E-state index contributed by atoms with van der Waals surface area (Å²) < 4.78 is 0. The molecule has 4 heteroatoms. The summed E-state index contributed by atoms with van der Waals surface area (Å²) in [6.45, 7) is 3.09. The van der Waals surface area contributed by atoms with Gasteiger partial charge in [-0.05, 0) is 43.4 Å². The van der Waals surface area contributed by atoms with Crippen LogP contribution in [0, 0.1) is 11.8 Å². The van der Waals surface area contributed by atoms with Gasteiger partial charge in [-0.2, -0.15) is 0 Å². The van der Waals surface area contributed by atoms with Gasteiger partial charge < -0.3 is 10.7 Å². The Morgan fingerprint density at radius 1 is 1.33 bits per heavy atom. The van der Waals surface area contributed by atoms with Crippen LogP contribution < -0.4 is 5.73 Å². The van der Waals surface area contributed by atoms with Crippen molar-refractivity contribution in [3.8, 4) is 0 Å². The predicted octanol–water partition coefficient (Wildman–Crippen LogP) is 4.20. The molecule has 3 N–H and O–H groups in total. The summed E-state index contributed by atoms with van der Waals surface area (Å²) in [4.78, 5) is 8.16. The third kappa shape index (κ3) is 3.43. The summed E-state index contributed by atoms with van der Waals surface area (Å²) in [6, 6.07) is 8.25. The number of benzene rings is 1. The van der Waals surface area contributed by atoms with Crippen LogP contribution in [0.15, 0.2) is 29.4 Å². The minimum absolute atomic E-state index is 0.612. The number of aromatic amines is 1. The van der Waals surface area contributed by atoms with E-state index in [-0.39, 0.29) is 0 Å². The number of nitrogens with two attached hydrogens (primary N) is 1. The second-order valence-corrected chi connectivity index (χ2v) is 7.41. The van der Waals surface area contributed by atoms with Gasteiger partial charge in [0, 0.05) is 5.25 Å². The van der Waals surface area contributed by atoms with Gasteiger partial charge in [0.2, 0.25) is 0 Å². The lowest BCUT2D eigenvalue weighted by molar-refractivity contribution is 0.275. The van der Waals surface area contributed by atoms with Crippen LogP contribution in [0.4, 0.5) is 0 Å². The summed E-state index contributed by atoms with van der Waals surface area (Å²) in [5.74, 6) is 1.51. The molecule has 1 heterocycles. The topological polar surface area (TPSA) is 54.7 Å². The van der Waals surface area contributed by atoms with Crippen molar-refractivity contribution in [2.24, 2.45) is 17.6 Å². The highest BCUT2D eigenvalue weighted by molar-refractivity contribution is 7.99. The van der Waals surface area contributed by atoms with Crippen molar-refractivity contribution >= 4 is 22.8 Å². The maximum atomic E-state index is 6.00. The molecule has 2 aromatic rings. The Hall–Kier alpha value is -1.00. The molecule has 1 aromatic carbocycles. The first-order chi connectivity index (χ1) is 10.3. The van der Waals surface area contributed by atoms with Crippen molar-refractivity contribution in [1.29, 1.82) is 0 Å². The maximum absolute atomic E-state index is 6.00. The minimum Gasteiger partial charge on any atom is -0.333 e. The molecular formula is C17H25N3S. The van der Waals surface area contributed by atoms with Crippen LogP contribution >= 0.6 is 11.8 Å². The average Bonchev–Trinajstić information content (AvgIpc) is 2.90. The molecule has 3 nitrogen and oxygen atoms in total. The van der Waals surface area contributed by atoms with Gasteiger partial charge in [-0.1, -0.05) is 50.1 Å². The first kappa shape index (κ1) is 14.9. The van der Waals surface area contributed by atoms with Gasteiger partial charge in [-0.15, -0.1) is 0 Å². The van der Waals surface area contributed by atoms with E-state index in [0.717, 1.165) is 28.7 Å². The summed E-state index contributed by atoms with van der Waals surface area (Å²) >= 11 is 1.91. The molecule has 1 aliphatic carbocycles. The lowest BCUT2D eigenvalue weighted by Gasteiger charge is -2.34. The SMILES string of the molecule is CCCC1CCC(CN)C(Sc2nc3ccccc3[nH]2)C1.